The van der Waals surface area contributed by atoms with E-state index in [1.807, 2.05) is 0 Å². The van der Waals surface area contributed by atoms with E-state index in [9.17, 15) is 9.59 Å². The van der Waals surface area contributed by atoms with Crippen molar-refractivity contribution in [3.05, 3.63) is 29.8 Å². The molecule has 2 rings (SSSR count). The number of ether oxygens (including phenoxy) is 1. The van der Waals surface area contributed by atoms with E-state index in [1.165, 1.54) is 6.07 Å². The molecule has 1 heterocycles. The number of hydrogen-bond acceptors (Lipinski definition) is 3. The third-order valence-corrected chi connectivity index (χ3v) is 2.72. The Labute approximate surface area is 98.4 Å². The topological polar surface area (TPSA) is 75.6 Å². The van der Waals surface area contributed by atoms with Gasteiger partial charge in [0.2, 0.25) is 5.91 Å². The zero-order valence-electron chi connectivity index (χ0n) is 9.18. The van der Waals surface area contributed by atoms with Gasteiger partial charge in [-0.3, -0.25) is 4.79 Å². The second-order valence-electron chi connectivity index (χ2n) is 3.90. The van der Waals surface area contributed by atoms with Crippen molar-refractivity contribution in [2.24, 2.45) is 5.92 Å². The lowest BCUT2D eigenvalue weighted by Crippen LogP contribution is -2.23. The van der Waals surface area contributed by atoms with Gasteiger partial charge >= 0.3 is 5.97 Å². The molecule has 90 valence electrons. The van der Waals surface area contributed by atoms with Crippen molar-refractivity contribution in [3.63, 3.8) is 0 Å². The number of carboxylic acid groups (broad SMARTS) is 1. The minimum Gasteiger partial charge on any atom is -0.478 e. The van der Waals surface area contributed by atoms with Gasteiger partial charge in [0.1, 0.15) is 0 Å². The van der Waals surface area contributed by atoms with Gasteiger partial charge < -0.3 is 15.2 Å². The average Bonchev–Trinajstić information content (AvgIpc) is 2.83. The lowest BCUT2D eigenvalue weighted by molar-refractivity contribution is -0.119. The Morgan fingerprint density at radius 1 is 1.35 bits per heavy atom. The monoisotopic (exact) mass is 235 g/mol. The van der Waals surface area contributed by atoms with E-state index in [0.717, 1.165) is 0 Å². The molecule has 5 heteroatoms. The molecule has 0 spiro atoms. The van der Waals surface area contributed by atoms with Crippen LogP contribution in [0.25, 0.3) is 0 Å². The number of carbonyl (C=O) groups is 2. The minimum absolute atomic E-state index is 0.0970. The van der Waals surface area contributed by atoms with Gasteiger partial charge in [0, 0.05) is 6.61 Å². The molecule has 1 aromatic carbocycles. The molecule has 2 N–H and O–H groups in total. The third kappa shape index (κ3) is 2.62. The fourth-order valence-corrected chi connectivity index (χ4v) is 1.75. The van der Waals surface area contributed by atoms with Gasteiger partial charge in [-0.15, -0.1) is 0 Å². The highest BCUT2D eigenvalue weighted by molar-refractivity contribution is 6.01. The summed E-state index contributed by atoms with van der Waals surface area (Å²) in [6, 6.07) is 6.35. The molecule has 1 aromatic rings. The summed E-state index contributed by atoms with van der Waals surface area (Å²) in [4.78, 5) is 22.8. The number of hydrogen-bond donors (Lipinski definition) is 2. The lowest BCUT2D eigenvalue weighted by Gasteiger charge is -2.11. The number of para-hydroxylation sites is 1. The number of rotatable bonds is 3. The molecular formula is C12H13NO4. The number of amides is 1. The van der Waals surface area contributed by atoms with Gasteiger partial charge in [0.05, 0.1) is 23.8 Å². The third-order valence-electron chi connectivity index (χ3n) is 2.72. The highest BCUT2D eigenvalue weighted by Gasteiger charge is 2.24. The summed E-state index contributed by atoms with van der Waals surface area (Å²) in [6.45, 7) is 0.986. The zero-order valence-corrected chi connectivity index (χ0v) is 9.18. The smallest absolute Gasteiger partial charge is 0.337 e. The Kier molecular flexibility index (Phi) is 3.39. The number of carbonyl (C=O) groups excluding carboxylic acids is 1. The molecule has 1 aliphatic rings. The number of anilines is 1. The molecule has 5 nitrogen and oxygen atoms in total. The molecule has 1 saturated heterocycles. The van der Waals surface area contributed by atoms with Gasteiger partial charge in [-0.25, -0.2) is 4.79 Å². The van der Waals surface area contributed by atoms with Crippen molar-refractivity contribution in [3.8, 4) is 0 Å². The number of benzene rings is 1. The second-order valence-corrected chi connectivity index (χ2v) is 3.90. The molecular weight excluding hydrogens is 222 g/mol. The van der Waals surface area contributed by atoms with Crippen LogP contribution in [0.3, 0.4) is 0 Å². The predicted octanol–water partition coefficient (Wildman–Crippen LogP) is 1.36. The van der Waals surface area contributed by atoms with E-state index in [0.29, 0.717) is 25.3 Å². The maximum Gasteiger partial charge on any atom is 0.337 e. The zero-order chi connectivity index (χ0) is 12.3. The van der Waals surface area contributed by atoms with Crippen LogP contribution >= 0.6 is 0 Å². The lowest BCUT2D eigenvalue weighted by atomic mass is 10.1. The van der Waals surface area contributed by atoms with E-state index >= 15 is 0 Å². The standard InChI is InChI=1S/C12H13NO4/c14-11(8-5-6-17-7-8)13-10-4-2-1-3-9(10)12(15)16/h1-4,8H,5-7H2,(H,13,14)(H,15,16). The van der Waals surface area contributed by atoms with Gasteiger partial charge in [-0.2, -0.15) is 0 Å². The quantitative estimate of drug-likeness (QED) is 0.829. The van der Waals surface area contributed by atoms with E-state index < -0.39 is 5.97 Å². The first-order chi connectivity index (χ1) is 8.18. The highest BCUT2D eigenvalue weighted by atomic mass is 16.5. The summed E-state index contributed by atoms with van der Waals surface area (Å²) in [7, 11) is 0. The summed E-state index contributed by atoms with van der Waals surface area (Å²) in [6.07, 6.45) is 0.682. The summed E-state index contributed by atoms with van der Waals surface area (Å²) < 4.78 is 5.12. The molecule has 1 aliphatic heterocycles. The van der Waals surface area contributed by atoms with Crippen LogP contribution in [0.4, 0.5) is 5.69 Å². The first kappa shape index (κ1) is 11.6. The number of aromatic carboxylic acids is 1. The summed E-state index contributed by atoms with van der Waals surface area (Å²) in [5.74, 6) is -1.42. The molecule has 0 aliphatic carbocycles. The molecule has 17 heavy (non-hydrogen) atoms. The largest absolute Gasteiger partial charge is 0.478 e. The van der Waals surface area contributed by atoms with Gasteiger partial charge in [-0.05, 0) is 18.6 Å². The van der Waals surface area contributed by atoms with Crippen molar-refractivity contribution in [1.82, 2.24) is 0 Å². The Bertz CT molecular complexity index is 438. The van der Waals surface area contributed by atoms with E-state index in [1.54, 1.807) is 18.2 Å². The number of nitrogens with one attached hydrogen (secondary N) is 1. The van der Waals surface area contributed by atoms with Crippen molar-refractivity contribution in [2.75, 3.05) is 18.5 Å². The molecule has 0 radical (unpaired) electrons. The van der Waals surface area contributed by atoms with Gasteiger partial charge in [0.15, 0.2) is 0 Å². The average molecular weight is 235 g/mol. The maximum absolute atomic E-state index is 11.8. The van der Waals surface area contributed by atoms with Crippen LogP contribution in [0.1, 0.15) is 16.8 Å². The molecule has 1 fully saturated rings. The van der Waals surface area contributed by atoms with Crippen molar-refractivity contribution >= 4 is 17.6 Å². The Morgan fingerprint density at radius 3 is 2.76 bits per heavy atom. The summed E-state index contributed by atoms with van der Waals surface area (Å²) in [5, 5.41) is 11.6. The normalized spacial score (nSPS) is 18.9. The fraction of sp³-hybridized carbons (Fsp3) is 0.333. The molecule has 1 atom stereocenters. The SMILES string of the molecule is O=C(O)c1ccccc1NC(=O)C1CCOC1. The van der Waals surface area contributed by atoms with Crippen molar-refractivity contribution in [1.29, 1.82) is 0 Å². The van der Waals surface area contributed by atoms with Gasteiger partial charge in [0.25, 0.3) is 0 Å². The Morgan fingerprint density at radius 2 is 2.12 bits per heavy atom. The Hall–Kier alpha value is -1.88. The van der Waals surface area contributed by atoms with Gasteiger partial charge in [-0.1, -0.05) is 12.1 Å². The van der Waals surface area contributed by atoms with Crippen LogP contribution in [-0.4, -0.2) is 30.2 Å². The van der Waals surface area contributed by atoms with Crippen LogP contribution < -0.4 is 5.32 Å². The summed E-state index contributed by atoms with van der Waals surface area (Å²) in [5.41, 5.74) is 0.427. The first-order valence-corrected chi connectivity index (χ1v) is 5.39. The van der Waals surface area contributed by atoms with E-state index in [4.69, 9.17) is 9.84 Å². The molecule has 0 saturated carbocycles. The van der Waals surface area contributed by atoms with Crippen LogP contribution in [0.2, 0.25) is 0 Å². The second kappa shape index (κ2) is 4.97. The fourth-order valence-electron chi connectivity index (χ4n) is 1.75. The minimum atomic E-state index is -1.05. The summed E-state index contributed by atoms with van der Waals surface area (Å²) >= 11 is 0. The van der Waals surface area contributed by atoms with Crippen LogP contribution in [0.15, 0.2) is 24.3 Å². The van der Waals surface area contributed by atoms with E-state index in [2.05, 4.69) is 5.32 Å². The van der Waals surface area contributed by atoms with Crippen molar-refractivity contribution in [2.45, 2.75) is 6.42 Å². The number of carboxylic acids is 1. The Balaban J connectivity index is 2.12. The highest BCUT2D eigenvalue weighted by Crippen LogP contribution is 2.19. The predicted molar refractivity (Wildman–Crippen MR) is 61.0 cm³/mol. The van der Waals surface area contributed by atoms with E-state index in [-0.39, 0.29) is 17.4 Å². The maximum atomic E-state index is 11.8. The molecule has 0 bridgehead atoms. The van der Waals surface area contributed by atoms with Crippen LogP contribution in [0, 0.1) is 5.92 Å². The van der Waals surface area contributed by atoms with Crippen molar-refractivity contribution < 1.29 is 19.4 Å². The molecule has 0 aromatic heterocycles. The molecule has 1 unspecified atom stereocenters. The van der Waals surface area contributed by atoms with Crippen LogP contribution in [-0.2, 0) is 9.53 Å². The van der Waals surface area contributed by atoms with Crippen LogP contribution in [0.5, 0.6) is 0 Å². The first-order valence-electron chi connectivity index (χ1n) is 5.39. The molecule has 1 amide bonds.